The molecule has 0 amide bonds. The van der Waals surface area contributed by atoms with Gasteiger partial charge in [-0.3, -0.25) is 0 Å². The summed E-state index contributed by atoms with van der Waals surface area (Å²) in [5.41, 5.74) is 2.62. The van der Waals surface area contributed by atoms with Crippen molar-refractivity contribution in [2.75, 3.05) is 13.7 Å². The number of hydrogen-bond donors (Lipinski definition) is 2. The third kappa shape index (κ3) is 6.56. The predicted octanol–water partition coefficient (Wildman–Crippen LogP) is 3.42. The van der Waals surface area contributed by atoms with Crippen molar-refractivity contribution in [3.8, 4) is 0 Å². The Morgan fingerprint density at radius 2 is 1.92 bits per heavy atom. The molecule has 0 aliphatic heterocycles. The van der Waals surface area contributed by atoms with Gasteiger partial charge in [-0.2, -0.15) is 0 Å². The lowest BCUT2D eigenvalue weighted by Gasteiger charge is -2.11. The minimum atomic E-state index is -0.333. The average molecular weight is 488 g/mol. The molecule has 2 rings (SSSR count). The Kier molecular flexibility index (Phi) is 9.57. The maximum atomic E-state index is 11.5. The number of carbonyl (C=O) groups is 1. The van der Waals surface area contributed by atoms with Gasteiger partial charge in [0.25, 0.3) is 0 Å². The Balaban J connectivity index is 0.00000338. The van der Waals surface area contributed by atoms with Crippen molar-refractivity contribution in [1.29, 1.82) is 0 Å². The summed E-state index contributed by atoms with van der Waals surface area (Å²) in [6, 6.07) is 7.27. The monoisotopic (exact) mass is 488 g/mol. The number of nitrogens with zero attached hydrogens (tertiary/aromatic N) is 2. The number of rotatable bonds is 6. The number of hydrogen-bond acceptors (Lipinski definition) is 5. The molecule has 0 bridgehead atoms. The Morgan fingerprint density at radius 3 is 2.46 bits per heavy atom. The molecule has 142 valence electrons. The molecule has 0 aliphatic carbocycles. The number of carbonyl (C=O) groups excluding carboxylic acids is 1. The SMILES string of the molecule is CCNC(=NCc1ccc(C(=O)OC)cc1)NCc1sc(C)nc1C.I. The standard InChI is InChI=1S/C18H24N4O2S.HI/c1-5-19-18(21-11-16-12(2)22-13(3)25-16)20-10-14-6-8-15(9-7-14)17(23)24-4;/h6-9H,5,10-11H2,1-4H3,(H2,19,20,21);1H. The van der Waals surface area contributed by atoms with Crippen molar-refractivity contribution in [1.82, 2.24) is 15.6 Å². The lowest BCUT2D eigenvalue weighted by molar-refractivity contribution is 0.0600. The van der Waals surface area contributed by atoms with E-state index in [1.165, 1.54) is 12.0 Å². The third-order valence-electron chi connectivity index (χ3n) is 3.55. The molecule has 8 heteroatoms. The summed E-state index contributed by atoms with van der Waals surface area (Å²) >= 11 is 1.70. The summed E-state index contributed by atoms with van der Waals surface area (Å²) in [7, 11) is 1.38. The summed E-state index contributed by atoms with van der Waals surface area (Å²) in [5.74, 6) is 0.422. The normalized spacial score (nSPS) is 10.8. The summed E-state index contributed by atoms with van der Waals surface area (Å²) in [4.78, 5) is 21.7. The van der Waals surface area contributed by atoms with E-state index in [1.807, 2.05) is 32.9 Å². The van der Waals surface area contributed by atoms with Gasteiger partial charge in [0.05, 0.1) is 36.5 Å². The van der Waals surface area contributed by atoms with Crippen LogP contribution in [0, 0.1) is 13.8 Å². The first kappa shape index (κ1) is 22.4. The molecule has 26 heavy (non-hydrogen) atoms. The van der Waals surface area contributed by atoms with Crippen LogP contribution in [0.4, 0.5) is 0 Å². The van der Waals surface area contributed by atoms with Crippen LogP contribution >= 0.6 is 35.3 Å². The lowest BCUT2D eigenvalue weighted by atomic mass is 10.1. The molecule has 2 aromatic rings. The highest BCUT2D eigenvalue weighted by atomic mass is 127. The number of aryl methyl sites for hydroxylation is 2. The van der Waals surface area contributed by atoms with Gasteiger partial charge in [-0.1, -0.05) is 12.1 Å². The van der Waals surface area contributed by atoms with Crippen molar-refractivity contribution < 1.29 is 9.53 Å². The minimum absolute atomic E-state index is 0. The number of halogens is 1. The molecule has 1 heterocycles. The zero-order valence-corrected chi connectivity index (χ0v) is 18.6. The highest BCUT2D eigenvalue weighted by molar-refractivity contribution is 14.0. The van der Waals surface area contributed by atoms with E-state index in [4.69, 9.17) is 4.74 Å². The van der Waals surface area contributed by atoms with Crippen molar-refractivity contribution >= 4 is 47.2 Å². The quantitative estimate of drug-likeness (QED) is 0.282. The molecule has 0 unspecified atom stereocenters. The highest BCUT2D eigenvalue weighted by Gasteiger charge is 2.06. The molecule has 0 aliphatic rings. The first-order valence-corrected chi connectivity index (χ1v) is 8.97. The number of aromatic nitrogens is 1. The zero-order chi connectivity index (χ0) is 18.2. The maximum Gasteiger partial charge on any atom is 0.337 e. The molecule has 2 N–H and O–H groups in total. The van der Waals surface area contributed by atoms with Gasteiger partial charge in [-0.15, -0.1) is 35.3 Å². The summed E-state index contributed by atoms with van der Waals surface area (Å²) in [6.07, 6.45) is 0. The van der Waals surface area contributed by atoms with E-state index in [0.29, 0.717) is 18.7 Å². The van der Waals surface area contributed by atoms with E-state index in [-0.39, 0.29) is 29.9 Å². The van der Waals surface area contributed by atoms with Gasteiger partial charge in [-0.25, -0.2) is 14.8 Å². The van der Waals surface area contributed by atoms with Gasteiger partial charge in [0, 0.05) is 11.4 Å². The number of methoxy groups -OCH3 is 1. The van der Waals surface area contributed by atoms with Gasteiger partial charge in [0.15, 0.2) is 5.96 Å². The lowest BCUT2D eigenvalue weighted by Crippen LogP contribution is -2.36. The molecular weight excluding hydrogens is 463 g/mol. The Labute approximate surface area is 175 Å². The van der Waals surface area contributed by atoms with Crippen LogP contribution in [-0.2, 0) is 17.8 Å². The molecule has 0 saturated carbocycles. The minimum Gasteiger partial charge on any atom is -0.465 e. The molecule has 0 fully saturated rings. The van der Waals surface area contributed by atoms with E-state index in [0.717, 1.165) is 28.8 Å². The van der Waals surface area contributed by atoms with Crippen LogP contribution in [0.5, 0.6) is 0 Å². The van der Waals surface area contributed by atoms with E-state index in [1.54, 1.807) is 23.5 Å². The molecule has 1 aromatic carbocycles. The van der Waals surface area contributed by atoms with Crippen LogP contribution in [0.2, 0.25) is 0 Å². The Morgan fingerprint density at radius 1 is 1.23 bits per heavy atom. The van der Waals surface area contributed by atoms with Crippen molar-refractivity contribution in [2.45, 2.75) is 33.9 Å². The number of esters is 1. The number of ether oxygens (including phenoxy) is 1. The summed E-state index contributed by atoms with van der Waals surface area (Å²) < 4.78 is 4.70. The van der Waals surface area contributed by atoms with Crippen LogP contribution in [0.15, 0.2) is 29.3 Å². The fourth-order valence-electron chi connectivity index (χ4n) is 2.28. The van der Waals surface area contributed by atoms with Gasteiger partial charge >= 0.3 is 5.97 Å². The third-order valence-corrected chi connectivity index (χ3v) is 4.63. The highest BCUT2D eigenvalue weighted by Crippen LogP contribution is 2.16. The van der Waals surface area contributed by atoms with Gasteiger partial charge in [-0.05, 0) is 38.5 Å². The number of aliphatic imine (C=N–C) groups is 1. The molecule has 0 radical (unpaired) electrons. The van der Waals surface area contributed by atoms with E-state index >= 15 is 0 Å². The average Bonchev–Trinajstić information content (AvgIpc) is 2.94. The number of thiazole rings is 1. The van der Waals surface area contributed by atoms with Gasteiger partial charge in [0.1, 0.15) is 0 Å². The van der Waals surface area contributed by atoms with Crippen LogP contribution in [-0.4, -0.2) is 30.6 Å². The van der Waals surface area contributed by atoms with Crippen LogP contribution < -0.4 is 10.6 Å². The second-order valence-electron chi connectivity index (χ2n) is 5.48. The number of guanidine groups is 1. The second-order valence-corrected chi connectivity index (χ2v) is 6.77. The fraction of sp³-hybridized carbons (Fsp3) is 0.389. The van der Waals surface area contributed by atoms with E-state index in [9.17, 15) is 4.79 Å². The fourth-order valence-corrected chi connectivity index (χ4v) is 3.15. The van der Waals surface area contributed by atoms with E-state index in [2.05, 4.69) is 20.6 Å². The summed E-state index contributed by atoms with van der Waals surface area (Å²) in [6.45, 7) is 8.08. The van der Waals surface area contributed by atoms with Crippen molar-refractivity contribution in [3.05, 3.63) is 51.0 Å². The Hall–Kier alpha value is -1.68. The second kappa shape index (κ2) is 11.1. The van der Waals surface area contributed by atoms with Crippen LogP contribution in [0.3, 0.4) is 0 Å². The molecule has 0 atom stereocenters. The maximum absolute atomic E-state index is 11.5. The Bertz CT molecular complexity index is 744. The van der Waals surface area contributed by atoms with E-state index < -0.39 is 0 Å². The van der Waals surface area contributed by atoms with Gasteiger partial charge < -0.3 is 15.4 Å². The van der Waals surface area contributed by atoms with Crippen molar-refractivity contribution in [2.24, 2.45) is 4.99 Å². The largest absolute Gasteiger partial charge is 0.465 e. The molecule has 1 aromatic heterocycles. The first-order chi connectivity index (χ1) is 12.0. The zero-order valence-electron chi connectivity index (χ0n) is 15.5. The van der Waals surface area contributed by atoms with Crippen molar-refractivity contribution in [3.63, 3.8) is 0 Å². The predicted molar refractivity (Wildman–Crippen MR) is 116 cm³/mol. The topological polar surface area (TPSA) is 75.6 Å². The molecule has 0 saturated heterocycles. The first-order valence-electron chi connectivity index (χ1n) is 8.15. The molecule has 6 nitrogen and oxygen atoms in total. The van der Waals surface area contributed by atoms with Crippen LogP contribution in [0.1, 0.15) is 38.4 Å². The number of nitrogens with one attached hydrogen (secondary N) is 2. The summed E-state index contributed by atoms with van der Waals surface area (Å²) in [5, 5.41) is 7.64. The molecule has 0 spiro atoms. The number of benzene rings is 1. The van der Waals surface area contributed by atoms with Crippen LogP contribution in [0.25, 0.3) is 0 Å². The molecular formula is C18H25IN4O2S. The van der Waals surface area contributed by atoms with Gasteiger partial charge in [0.2, 0.25) is 0 Å². The smallest absolute Gasteiger partial charge is 0.337 e.